The Labute approximate surface area is 207 Å². The number of thioether (sulfide) groups is 1. The number of hydrogen-bond donors (Lipinski definition) is 1. The van der Waals surface area contributed by atoms with Gasteiger partial charge in [-0.05, 0) is 61.2 Å². The maximum atomic E-state index is 13.2. The first-order valence-corrected chi connectivity index (χ1v) is 12.4. The lowest BCUT2D eigenvalue weighted by molar-refractivity contribution is -0.116. The summed E-state index contributed by atoms with van der Waals surface area (Å²) in [4.78, 5) is 27.4. The maximum Gasteiger partial charge on any atom is 0.287 e. The smallest absolute Gasteiger partial charge is 0.287 e. The topological polar surface area (TPSA) is 93.3 Å². The molecule has 1 N–H and O–H groups in total. The molecule has 0 spiro atoms. The minimum Gasteiger partial charge on any atom is -0.459 e. The van der Waals surface area contributed by atoms with Crippen LogP contribution in [0.3, 0.4) is 0 Å². The second-order valence-corrected chi connectivity index (χ2v) is 9.24. The third-order valence-electron chi connectivity index (χ3n) is 5.85. The van der Waals surface area contributed by atoms with Gasteiger partial charge in [0.05, 0.1) is 18.6 Å². The Morgan fingerprint density at radius 3 is 2.80 bits per heavy atom. The van der Waals surface area contributed by atoms with Crippen molar-refractivity contribution in [1.29, 1.82) is 0 Å². The van der Waals surface area contributed by atoms with Crippen LogP contribution in [0.5, 0.6) is 0 Å². The first-order chi connectivity index (χ1) is 17.1. The van der Waals surface area contributed by atoms with E-state index < -0.39 is 0 Å². The van der Waals surface area contributed by atoms with Crippen molar-refractivity contribution in [1.82, 2.24) is 20.1 Å². The fourth-order valence-electron chi connectivity index (χ4n) is 4.19. The zero-order chi connectivity index (χ0) is 24.2. The standard InChI is InChI=1S/C26H25N5O3S/c1-18-7-4-10-20(15-18)31-23(16-27-25(33)22-12-6-14-34-22)28-29-26(31)35-17-24(32)30-13-5-9-19-8-2-3-11-21(19)30/h2-4,6-8,10-12,14-15H,5,9,13,16-17H2,1H3,(H,27,33). The Bertz CT molecular complexity index is 1350. The predicted octanol–water partition coefficient (Wildman–Crippen LogP) is 4.17. The number of benzene rings is 2. The van der Waals surface area contributed by atoms with Crippen LogP contribution in [-0.4, -0.2) is 38.9 Å². The van der Waals surface area contributed by atoms with Crippen molar-refractivity contribution in [3.8, 4) is 5.69 Å². The normalized spacial score (nSPS) is 12.9. The third-order valence-corrected chi connectivity index (χ3v) is 6.76. The molecular weight excluding hydrogens is 462 g/mol. The highest BCUT2D eigenvalue weighted by Gasteiger charge is 2.24. The van der Waals surface area contributed by atoms with Gasteiger partial charge < -0.3 is 14.6 Å². The number of nitrogens with one attached hydrogen (secondary N) is 1. The van der Waals surface area contributed by atoms with Crippen molar-refractivity contribution in [3.05, 3.63) is 89.6 Å². The van der Waals surface area contributed by atoms with Crippen molar-refractivity contribution in [3.63, 3.8) is 0 Å². The van der Waals surface area contributed by atoms with Crippen molar-refractivity contribution in [2.24, 2.45) is 0 Å². The van der Waals surface area contributed by atoms with Crippen LogP contribution < -0.4 is 10.2 Å². The summed E-state index contributed by atoms with van der Waals surface area (Å²) >= 11 is 1.34. The molecule has 1 aliphatic heterocycles. The van der Waals surface area contributed by atoms with Crippen LogP contribution in [0.1, 0.15) is 33.9 Å². The molecule has 0 aliphatic carbocycles. The van der Waals surface area contributed by atoms with Gasteiger partial charge in [0.2, 0.25) is 5.91 Å². The average Bonchev–Trinajstić information content (AvgIpc) is 3.56. The Kier molecular flexibility index (Phi) is 6.67. The summed E-state index contributed by atoms with van der Waals surface area (Å²) < 4.78 is 7.05. The van der Waals surface area contributed by atoms with Crippen LogP contribution in [-0.2, 0) is 17.8 Å². The van der Waals surface area contributed by atoms with E-state index in [4.69, 9.17) is 4.42 Å². The summed E-state index contributed by atoms with van der Waals surface area (Å²) in [5.41, 5.74) is 4.15. The number of fused-ring (bicyclic) bond motifs is 1. The van der Waals surface area contributed by atoms with Gasteiger partial charge in [0, 0.05) is 17.9 Å². The fraction of sp³-hybridized carbons (Fsp3) is 0.231. The minimum atomic E-state index is -0.332. The zero-order valence-corrected chi connectivity index (χ0v) is 20.1. The molecule has 3 heterocycles. The highest BCUT2D eigenvalue weighted by atomic mass is 32.2. The average molecular weight is 488 g/mol. The SMILES string of the molecule is Cc1cccc(-n2c(CNC(=O)c3ccco3)nnc2SCC(=O)N2CCCc3ccccc32)c1. The van der Waals surface area contributed by atoms with E-state index in [9.17, 15) is 9.59 Å². The van der Waals surface area contributed by atoms with Gasteiger partial charge in [-0.25, -0.2) is 0 Å². The van der Waals surface area contributed by atoms with E-state index in [2.05, 4.69) is 21.6 Å². The summed E-state index contributed by atoms with van der Waals surface area (Å²) in [5, 5.41) is 12.1. The highest BCUT2D eigenvalue weighted by Crippen LogP contribution is 2.29. The molecule has 8 nitrogen and oxygen atoms in total. The van der Waals surface area contributed by atoms with Gasteiger partial charge in [0.15, 0.2) is 16.7 Å². The van der Waals surface area contributed by atoms with Crippen molar-refractivity contribution >= 4 is 29.3 Å². The predicted molar refractivity (Wildman–Crippen MR) is 134 cm³/mol. The molecule has 0 unspecified atom stereocenters. The Morgan fingerprint density at radius 1 is 1.09 bits per heavy atom. The number of aryl methyl sites for hydroxylation is 2. The summed E-state index contributed by atoms with van der Waals surface area (Å²) in [7, 11) is 0. The number of hydrogen-bond acceptors (Lipinski definition) is 6. The lowest BCUT2D eigenvalue weighted by Gasteiger charge is -2.29. The van der Waals surface area contributed by atoms with Gasteiger partial charge in [-0.1, -0.05) is 42.1 Å². The number of para-hydroxylation sites is 1. The number of anilines is 1. The molecule has 0 atom stereocenters. The number of nitrogens with zero attached hydrogens (tertiary/aromatic N) is 4. The number of aromatic nitrogens is 3. The van der Waals surface area contributed by atoms with E-state index in [0.29, 0.717) is 17.5 Å². The van der Waals surface area contributed by atoms with Crippen LogP contribution in [0.15, 0.2) is 76.5 Å². The molecule has 1 aliphatic rings. The Balaban J connectivity index is 1.36. The third kappa shape index (κ3) is 5.00. The van der Waals surface area contributed by atoms with E-state index >= 15 is 0 Å². The molecule has 2 aromatic heterocycles. The zero-order valence-electron chi connectivity index (χ0n) is 19.3. The quantitative estimate of drug-likeness (QED) is 0.393. The van der Waals surface area contributed by atoms with Gasteiger partial charge in [0.1, 0.15) is 0 Å². The van der Waals surface area contributed by atoms with E-state index in [1.54, 1.807) is 12.1 Å². The van der Waals surface area contributed by atoms with Crippen LogP contribution in [0.25, 0.3) is 5.69 Å². The van der Waals surface area contributed by atoms with E-state index in [1.165, 1.54) is 23.6 Å². The van der Waals surface area contributed by atoms with Crippen molar-refractivity contribution in [2.75, 3.05) is 17.2 Å². The summed E-state index contributed by atoms with van der Waals surface area (Å²) in [5.74, 6) is 0.731. The van der Waals surface area contributed by atoms with Gasteiger partial charge in [-0.2, -0.15) is 0 Å². The second-order valence-electron chi connectivity index (χ2n) is 8.30. The summed E-state index contributed by atoms with van der Waals surface area (Å²) in [6, 6.07) is 19.3. The molecule has 178 valence electrons. The monoisotopic (exact) mass is 487 g/mol. The number of furan rings is 1. The van der Waals surface area contributed by atoms with Crippen LogP contribution in [0.4, 0.5) is 5.69 Å². The number of carbonyl (C=O) groups excluding carboxylic acids is 2. The van der Waals surface area contributed by atoms with Crippen LogP contribution >= 0.6 is 11.8 Å². The second kappa shape index (κ2) is 10.2. The Hall–Kier alpha value is -3.85. The molecule has 35 heavy (non-hydrogen) atoms. The lowest BCUT2D eigenvalue weighted by atomic mass is 10.0. The van der Waals surface area contributed by atoms with Crippen molar-refractivity contribution in [2.45, 2.75) is 31.5 Å². The lowest BCUT2D eigenvalue weighted by Crippen LogP contribution is -2.36. The van der Waals surface area contributed by atoms with E-state index in [-0.39, 0.29) is 29.9 Å². The first-order valence-electron chi connectivity index (χ1n) is 11.4. The maximum absolute atomic E-state index is 13.2. The van der Waals surface area contributed by atoms with Crippen molar-refractivity contribution < 1.29 is 14.0 Å². The summed E-state index contributed by atoms with van der Waals surface area (Å²) in [6.45, 7) is 2.88. The largest absolute Gasteiger partial charge is 0.459 e. The van der Waals surface area contributed by atoms with E-state index in [1.807, 2.05) is 58.9 Å². The number of carbonyl (C=O) groups is 2. The molecule has 9 heteroatoms. The molecule has 0 fully saturated rings. The minimum absolute atomic E-state index is 0.0358. The van der Waals surface area contributed by atoms with Crippen LogP contribution in [0.2, 0.25) is 0 Å². The molecule has 0 radical (unpaired) electrons. The van der Waals surface area contributed by atoms with E-state index in [0.717, 1.165) is 29.8 Å². The highest BCUT2D eigenvalue weighted by molar-refractivity contribution is 7.99. The number of amides is 2. The molecule has 0 bridgehead atoms. The number of rotatable bonds is 7. The molecular formula is C26H25N5O3S. The van der Waals surface area contributed by atoms with Gasteiger partial charge in [0.25, 0.3) is 5.91 Å². The summed E-state index contributed by atoms with van der Waals surface area (Å²) in [6.07, 6.45) is 3.39. The molecule has 0 saturated carbocycles. The van der Waals surface area contributed by atoms with Gasteiger partial charge in [-0.15, -0.1) is 10.2 Å². The molecule has 4 aromatic rings. The fourth-order valence-corrected chi connectivity index (χ4v) is 5.03. The molecule has 0 saturated heterocycles. The van der Waals surface area contributed by atoms with Crippen LogP contribution in [0, 0.1) is 6.92 Å². The van der Waals surface area contributed by atoms with Gasteiger partial charge >= 0.3 is 0 Å². The first kappa shape index (κ1) is 22.9. The van der Waals surface area contributed by atoms with Gasteiger partial charge in [-0.3, -0.25) is 14.2 Å². The molecule has 2 aromatic carbocycles. The Morgan fingerprint density at radius 2 is 1.97 bits per heavy atom. The molecule has 5 rings (SSSR count). The molecule has 2 amide bonds.